The third kappa shape index (κ3) is 5.69. The molecule has 0 saturated heterocycles. The summed E-state index contributed by atoms with van der Waals surface area (Å²) in [4.78, 5) is 9.14. The molecule has 174 valence electrons. The summed E-state index contributed by atoms with van der Waals surface area (Å²) < 4.78 is 59.5. The number of nitrogens with one attached hydrogen (secondary N) is 1. The van der Waals surface area contributed by atoms with Crippen LogP contribution in [-0.2, 0) is 10.9 Å². The minimum absolute atomic E-state index is 0.155. The molecule has 1 aromatic heterocycles. The molecule has 0 spiro atoms. The van der Waals surface area contributed by atoms with Crippen molar-refractivity contribution in [2.45, 2.75) is 23.4 Å². The Morgan fingerprint density at radius 1 is 1.09 bits per heavy atom. The Morgan fingerprint density at radius 3 is 2.64 bits per heavy atom. The molecule has 4 rings (SSSR count). The van der Waals surface area contributed by atoms with Gasteiger partial charge in [0.25, 0.3) is 0 Å². The molecular weight excluding hydrogens is 455 g/mol. The van der Waals surface area contributed by atoms with Crippen LogP contribution in [0.1, 0.15) is 29.0 Å². The van der Waals surface area contributed by atoms with Gasteiger partial charge in [0.15, 0.2) is 0 Å². The van der Waals surface area contributed by atoms with E-state index in [0.29, 0.717) is 30.3 Å². The summed E-state index contributed by atoms with van der Waals surface area (Å²) in [6, 6.07) is 11.2. The second kappa shape index (κ2) is 10.3. The molecule has 6 nitrogen and oxygen atoms in total. The fraction of sp³-hybridized carbons (Fsp3) is 0.304. The largest absolute Gasteiger partial charge is 0.493 e. The van der Waals surface area contributed by atoms with Crippen LogP contribution < -0.4 is 14.2 Å². The average molecular weight is 478 g/mol. The van der Waals surface area contributed by atoms with Gasteiger partial charge < -0.3 is 14.2 Å². The molecule has 3 aromatic rings. The molecule has 0 saturated carbocycles. The van der Waals surface area contributed by atoms with Crippen molar-refractivity contribution in [3.63, 3.8) is 0 Å². The third-order valence-corrected chi connectivity index (χ3v) is 5.89. The molecule has 1 aliphatic rings. The molecule has 2 aromatic carbocycles. The van der Waals surface area contributed by atoms with Gasteiger partial charge in [0.2, 0.25) is 5.95 Å². The van der Waals surface area contributed by atoms with Crippen molar-refractivity contribution >= 4 is 17.9 Å². The van der Waals surface area contributed by atoms with Crippen LogP contribution in [0.15, 0.2) is 59.8 Å². The number of hydrogen-bond donors (Lipinski definition) is 1. The van der Waals surface area contributed by atoms with Gasteiger partial charge in [-0.3, -0.25) is 4.72 Å². The van der Waals surface area contributed by atoms with E-state index in [9.17, 15) is 13.2 Å². The van der Waals surface area contributed by atoms with E-state index in [2.05, 4.69) is 14.7 Å². The predicted molar refractivity (Wildman–Crippen MR) is 119 cm³/mol. The molecule has 0 amide bonds. The summed E-state index contributed by atoms with van der Waals surface area (Å²) in [7, 11) is 1.51. The van der Waals surface area contributed by atoms with E-state index in [1.165, 1.54) is 25.1 Å². The molecular formula is C23H22F3N3O3S. The number of halogens is 3. The molecule has 10 heteroatoms. The van der Waals surface area contributed by atoms with Crippen molar-refractivity contribution in [1.29, 1.82) is 0 Å². The summed E-state index contributed by atoms with van der Waals surface area (Å²) in [6.45, 7) is 0.877. The van der Waals surface area contributed by atoms with Crippen molar-refractivity contribution in [2.75, 3.05) is 31.7 Å². The van der Waals surface area contributed by atoms with Crippen LogP contribution in [0.2, 0.25) is 0 Å². The van der Waals surface area contributed by atoms with E-state index in [-0.39, 0.29) is 24.9 Å². The van der Waals surface area contributed by atoms with E-state index in [4.69, 9.17) is 14.2 Å². The highest BCUT2D eigenvalue weighted by atomic mass is 32.2. The smallest absolute Gasteiger partial charge is 0.416 e. The summed E-state index contributed by atoms with van der Waals surface area (Å²) in [5.41, 5.74) is 0.852. The zero-order valence-corrected chi connectivity index (χ0v) is 18.6. The Morgan fingerprint density at radius 2 is 1.88 bits per heavy atom. The SMILES string of the molecule is COCCOc1cc(C(F)(F)F)ccc1C1CCOc2cc(SNc3ncccn3)ccc21. The Labute approximate surface area is 193 Å². The van der Waals surface area contributed by atoms with Crippen LogP contribution in [0.3, 0.4) is 0 Å². The summed E-state index contributed by atoms with van der Waals surface area (Å²) >= 11 is 1.35. The zero-order valence-electron chi connectivity index (χ0n) is 17.8. The molecule has 0 aliphatic carbocycles. The predicted octanol–water partition coefficient (Wildman–Crippen LogP) is 5.55. The highest BCUT2D eigenvalue weighted by Crippen LogP contribution is 2.44. The van der Waals surface area contributed by atoms with Crippen molar-refractivity contribution in [1.82, 2.24) is 9.97 Å². The van der Waals surface area contributed by atoms with E-state index in [0.717, 1.165) is 22.6 Å². The van der Waals surface area contributed by atoms with Gasteiger partial charge in [-0.2, -0.15) is 13.2 Å². The number of hydrogen-bond acceptors (Lipinski definition) is 7. The van der Waals surface area contributed by atoms with Crippen LogP contribution in [0, 0.1) is 0 Å². The maximum Gasteiger partial charge on any atom is 0.416 e. The van der Waals surface area contributed by atoms with E-state index in [1.807, 2.05) is 18.2 Å². The van der Waals surface area contributed by atoms with Crippen LogP contribution >= 0.6 is 11.9 Å². The first-order valence-corrected chi connectivity index (χ1v) is 11.1. The molecule has 1 unspecified atom stereocenters. The Balaban J connectivity index is 1.60. The number of aromatic nitrogens is 2. The van der Waals surface area contributed by atoms with Crippen LogP contribution in [-0.4, -0.2) is 36.9 Å². The number of fused-ring (bicyclic) bond motifs is 1. The molecule has 0 fully saturated rings. The van der Waals surface area contributed by atoms with Gasteiger partial charge in [0, 0.05) is 41.4 Å². The topological polar surface area (TPSA) is 65.5 Å². The molecule has 0 radical (unpaired) electrons. The van der Waals surface area contributed by atoms with Gasteiger partial charge in [-0.05, 0) is 48.7 Å². The molecule has 0 bridgehead atoms. The van der Waals surface area contributed by atoms with Gasteiger partial charge in [-0.25, -0.2) is 9.97 Å². The summed E-state index contributed by atoms with van der Waals surface area (Å²) in [5.74, 6) is 1.23. The second-order valence-electron chi connectivity index (χ2n) is 7.26. The minimum Gasteiger partial charge on any atom is -0.493 e. The maximum atomic E-state index is 13.3. The van der Waals surface area contributed by atoms with Crippen molar-refractivity contribution in [3.05, 3.63) is 71.5 Å². The normalized spacial score (nSPS) is 15.5. The van der Waals surface area contributed by atoms with E-state index < -0.39 is 11.7 Å². The monoisotopic (exact) mass is 477 g/mol. The lowest BCUT2D eigenvalue weighted by atomic mass is 9.85. The first-order chi connectivity index (χ1) is 16.0. The van der Waals surface area contributed by atoms with Crippen LogP contribution in [0.4, 0.5) is 19.1 Å². The quantitative estimate of drug-likeness (QED) is 0.337. The first-order valence-electron chi connectivity index (χ1n) is 10.2. The van der Waals surface area contributed by atoms with Gasteiger partial charge in [0.05, 0.1) is 18.8 Å². The second-order valence-corrected chi connectivity index (χ2v) is 8.14. The van der Waals surface area contributed by atoms with Gasteiger partial charge in [-0.1, -0.05) is 12.1 Å². The van der Waals surface area contributed by atoms with Gasteiger partial charge in [0.1, 0.15) is 18.1 Å². The highest BCUT2D eigenvalue weighted by molar-refractivity contribution is 8.00. The molecule has 1 aliphatic heterocycles. The van der Waals surface area contributed by atoms with Gasteiger partial charge in [-0.15, -0.1) is 0 Å². The summed E-state index contributed by atoms with van der Waals surface area (Å²) in [6.07, 6.45) is -0.533. The highest BCUT2D eigenvalue weighted by Gasteiger charge is 2.33. The maximum absolute atomic E-state index is 13.3. The third-order valence-electron chi connectivity index (χ3n) is 5.11. The lowest BCUT2D eigenvalue weighted by molar-refractivity contribution is -0.137. The molecule has 33 heavy (non-hydrogen) atoms. The van der Waals surface area contributed by atoms with E-state index >= 15 is 0 Å². The number of ether oxygens (including phenoxy) is 3. The zero-order chi connectivity index (χ0) is 23.3. The minimum atomic E-state index is -4.45. The molecule has 1 atom stereocenters. The Hall–Kier alpha value is -2.98. The Bertz CT molecular complexity index is 1080. The Kier molecular flexibility index (Phi) is 7.24. The van der Waals surface area contributed by atoms with Crippen molar-refractivity contribution < 1.29 is 27.4 Å². The first kappa shape index (κ1) is 23.2. The molecule has 1 N–H and O–H groups in total. The lowest BCUT2D eigenvalue weighted by Gasteiger charge is -2.28. The van der Waals surface area contributed by atoms with Crippen LogP contribution in [0.25, 0.3) is 0 Å². The van der Waals surface area contributed by atoms with Gasteiger partial charge >= 0.3 is 6.18 Å². The number of nitrogens with zero attached hydrogens (tertiary/aromatic N) is 2. The summed E-state index contributed by atoms with van der Waals surface area (Å²) in [5, 5.41) is 0. The number of anilines is 1. The molecule has 2 heterocycles. The fourth-order valence-corrected chi connectivity index (χ4v) is 4.19. The number of benzene rings is 2. The number of alkyl halides is 3. The number of methoxy groups -OCH3 is 1. The fourth-order valence-electron chi connectivity index (χ4n) is 3.57. The van der Waals surface area contributed by atoms with Crippen molar-refractivity contribution in [2.24, 2.45) is 0 Å². The van der Waals surface area contributed by atoms with Crippen molar-refractivity contribution in [3.8, 4) is 11.5 Å². The number of rotatable bonds is 8. The average Bonchev–Trinajstić information content (AvgIpc) is 2.82. The van der Waals surface area contributed by atoms with E-state index in [1.54, 1.807) is 18.5 Å². The lowest BCUT2D eigenvalue weighted by Crippen LogP contribution is -2.17. The standard InChI is InChI=1S/C23H22F3N3O3S/c1-30-11-12-32-20-13-15(23(24,25)26)3-5-18(20)17-7-10-31-21-14-16(4-6-19(17)21)33-29-22-27-8-2-9-28-22/h2-6,8-9,13-14,17H,7,10-12H2,1H3,(H,27,28,29). The van der Waals surface area contributed by atoms with Crippen LogP contribution in [0.5, 0.6) is 11.5 Å².